The monoisotopic (exact) mass is 603 g/mol. The number of imidazole rings is 2. The Kier molecular flexibility index (Phi) is 10.3. The van der Waals surface area contributed by atoms with Crippen LogP contribution in [0.3, 0.4) is 0 Å². The summed E-state index contributed by atoms with van der Waals surface area (Å²) in [6.45, 7) is 7.48. The number of piperidine rings is 1. The molecule has 6 rings (SSSR count). The van der Waals surface area contributed by atoms with Crippen molar-refractivity contribution < 1.29 is 14.6 Å². The molecular formula is C34H49N7O3. The zero-order chi connectivity index (χ0) is 30.2. The van der Waals surface area contributed by atoms with Gasteiger partial charge in [0.25, 0.3) is 0 Å². The minimum Gasteiger partial charge on any atom is -0.482 e. The standard InChI is InChI=1S/C34H49N7O3/c42-32(43)25-44-29-9-4-6-27(22-29)24-38-30(33-36-13-14-37-33)23-31-35-15-21-41(31)17-5-16-39-18-10-34(26-39)11-19-40(20-12-34)28-7-2-1-3-8-28/h4,6,9,13-15,21-22,28,30,38H,1-3,5,7-8,10-12,16-20,23-26H2,(H,36,37)(H,42,43). The van der Waals surface area contributed by atoms with Gasteiger partial charge in [-0.2, -0.15) is 0 Å². The number of likely N-dealkylation sites (tertiary alicyclic amines) is 2. The van der Waals surface area contributed by atoms with E-state index in [1.807, 2.05) is 30.6 Å². The van der Waals surface area contributed by atoms with E-state index < -0.39 is 5.97 Å². The van der Waals surface area contributed by atoms with E-state index in [1.165, 1.54) is 77.5 Å². The molecular weight excluding hydrogens is 554 g/mol. The number of aliphatic carboxylic acids is 1. The quantitative estimate of drug-likeness (QED) is 0.244. The normalized spacial score (nSPS) is 20.3. The van der Waals surface area contributed by atoms with Crippen LogP contribution in [0.4, 0.5) is 0 Å². The lowest BCUT2D eigenvalue weighted by Crippen LogP contribution is -2.46. The first-order chi connectivity index (χ1) is 21.6. The average Bonchev–Trinajstić information content (AvgIpc) is 3.82. The number of carbonyl (C=O) groups is 1. The van der Waals surface area contributed by atoms with E-state index >= 15 is 0 Å². The highest BCUT2D eigenvalue weighted by atomic mass is 16.5. The molecule has 1 atom stereocenters. The third kappa shape index (κ3) is 8.08. The number of hydrogen-bond donors (Lipinski definition) is 3. The predicted molar refractivity (Wildman–Crippen MR) is 169 cm³/mol. The van der Waals surface area contributed by atoms with E-state index in [4.69, 9.17) is 14.8 Å². The van der Waals surface area contributed by atoms with Gasteiger partial charge in [0, 0.05) is 56.9 Å². The third-order valence-electron chi connectivity index (χ3n) is 10.2. The summed E-state index contributed by atoms with van der Waals surface area (Å²) in [6.07, 6.45) is 20.7. The van der Waals surface area contributed by atoms with Gasteiger partial charge in [-0.1, -0.05) is 31.4 Å². The maximum atomic E-state index is 10.9. The molecule has 1 aromatic carbocycles. The number of ether oxygens (including phenoxy) is 1. The Morgan fingerprint density at radius 3 is 2.73 bits per heavy atom. The summed E-state index contributed by atoms with van der Waals surface area (Å²) in [4.78, 5) is 29.0. The highest BCUT2D eigenvalue weighted by Gasteiger charge is 2.41. The van der Waals surface area contributed by atoms with E-state index in [2.05, 4.69) is 35.8 Å². The maximum absolute atomic E-state index is 10.9. The largest absolute Gasteiger partial charge is 0.482 e. The molecule has 2 saturated heterocycles. The van der Waals surface area contributed by atoms with Gasteiger partial charge in [0.2, 0.25) is 0 Å². The Hall–Kier alpha value is -3.21. The molecule has 0 amide bonds. The summed E-state index contributed by atoms with van der Waals surface area (Å²) in [5, 5.41) is 12.5. The van der Waals surface area contributed by atoms with Crippen molar-refractivity contribution in [3.05, 3.63) is 66.3 Å². The van der Waals surface area contributed by atoms with Crippen molar-refractivity contribution in [1.29, 1.82) is 0 Å². The van der Waals surface area contributed by atoms with Gasteiger partial charge >= 0.3 is 5.97 Å². The molecule has 1 saturated carbocycles. The minimum atomic E-state index is -0.989. The van der Waals surface area contributed by atoms with Crippen LogP contribution in [0.5, 0.6) is 5.75 Å². The molecule has 1 aliphatic carbocycles. The molecule has 10 nitrogen and oxygen atoms in total. The first-order valence-electron chi connectivity index (χ1n) is 16.7. The zero-order valence-corrected chi connectivity index (χ0v) is 26.0. The smallest absolute Gasteiger partial charge is 0.341 e. The maximum Gasteiger partial charge on any atom is 0.341 e. The van der Waals surface area contributed by atoms with Crippen molar-refractivity contribution in [1.82, 2.24) is 34.6 Å². The van der Waals surface area contributed by atoms with Gasteiger partial charge < -0.3 is 34.5 Å². The number of aromatic nitrogens is 4. The summed E-state index contributed by atoms with van der Waals surface area (Å²) in [5.41, 5.74) is 1.56. The number of rotatable bonds is 14. The van der Waals surface area contributed by atoms with Crippen LogP contribution in [0.15, 0.2) is 49.1 Å². The Morgan fingerprint density at radius 1 is 1.09 bits per heavy atom. The van der Waals surface area contributed by atoms with Gasteiger partial charge in [0.05, 0.1) is 6.04 Å². The second kappa shape index (κ2) is 14.7. The fourth-order valence-electron chi connectivity index (χ4n) is 7.68. The van der Waals surface area contributed by atoms with Crippen LogP contribution in [0.2, 0.25) is 0 Å². The molecule has 0 bridgehead atoms. The van der Waals surface area contributed by atoms with E-state index in [0.717, 1.165) is 42.8 Å². The Labute approximate surface area is 261 Å². The number of carboxylic acid groups (broad SMARTS) is 1. The fourth-order valence-corrected chi connectivity index (χ4v) is 7.68. The van der Waals surface area contributed by atoms with Gasteiger partial charge in [-0.3, -0.25) is 0 Å². The average molecular weight is 604 g/mol. The summed E-state index contributed by atoms with van der Waals surface area (Å²) >= 11 is 0. The molecule has 238 valence electrons. The number of aryl methyl sites for hydroxylation is 1. The Morgan fingerprint density at radius 2 is 1.93 bits per heavy atom. The molecule has 1 spiro atoms. The first-order valence-corrected chi connectivity index (χ1v) is 16.7. The molecule has 3 aromatic rings. The van der Waals surface area contributed by atoms with Gasteiger partial charge in [0.15, 0.2) is 6.61 Å². The summed E-state index contributed by atoms with van der Waals surface area (Å²) in [6, 6.07) is 8.35. The number of nitrogens with zero attached hydrogens (tertiary/aromatic N) is 5. The SMILES string of the molecule is O=C(O)COc1cccc(CNC(Cc2nccn2CCCN2CCC3(CCN(C4CCCCC4)CC3)C2)c2ncc[nH]2)c1. The van der Waals surface area contributed by atoms with Gasteiger partial charge in [-0.05, 0) is 87.8 Å². The molecule has 2 aromatic heterocycles. The van der Waals surface area contributed by atoms with Crippen LogP contribution in [0.1, 0.15) is 81.0 Å². The molecule has 10 heteroatoms. The summed E-state index contributed by atoms with van der Waals surface area (Å²) in [5.74, 6) is 1.47. The highest BCUT2D eigenvalue weighted by molar-refractivity contribution is 5.68. The molecule has 0 radical (unpaired) electrons. The molecule has 3 fully saturated rings. The number of nitrogens with one attached hydrogen (secondary N) is 2. The second-order valence-electron chi connectivity index (χ2n) is 13.2. The number of aromatic amines is 1. The Bertz CT molecular complexity index is 1310. The van der Waals surface area contributed by atoms with Gasteiger partial charge in [-0.15, -0.1) is 0 Å². The number of H-pyrrole nitrogens is 1. The molecule has 4 heterocycles. The van der Waals surface area contributed by atoms with E-state index in [0.29, 0.717) is 24.1 Å². The van der Waals surface area contributed by atoms with Crippen LogP contribution < -0.4 is 10.1 Å². The topological polar surface area (TPSA) is 112 Å². The highest BCUT2D eigenvalue weighted by Crippen LogP contribution is 2.41. The second-order valence-corrected chi connectivity index (χ2v) is 13.2. The number of hydrogen-bond acceptors (Lipinski definition) is 7. The molecule has 3 aliphatic rings. The van der Waals surface area contributed by atoms with Crippen molar-refractivity contribution in [2.45, 2.75) is 89.4 Å². The van der Waals surface area contributed by atoms with Crippen molar-refractivity contribution in [2.75, 3.05) is 39.3 Å². The van der Waals surface area contributed by atoms with Gasteiger partial charge in [0.1, 0.15) is 17.4 Å². The predicted octanol–water partition coefficient (Wildman–Crippen LogP) is 4.65. The van der Waals surface area contributed by atoms with E-state index in [1.54, 1.807) is 12.3 Å². The number of carboxylic acids is 1. The summed E-state index contributed by atoms with van der Waals surface area (Å²) < 4.78 is 7.66. The lowest BCUT2D eigenvalue weighted by atomic mass is 9.77. The minimum absolute atomic E-state index is 0.0485. The van der Waals surface area contributed by atoms with Crippen LogP contribution in [-0.2, 0) is 24.3 Å². The van der Waals surface area contributed by atoms with Crippen LogP contribution >= 0.6 is 0 Å². The van der Waals surface area contributed by atoms with Gasteiger partial charge in [-0.25, -0.2) is 14.8 Å². The molecule has 3 N–H and O–H groups in total. The molecule has 2 aliphatic heterocycles. The van der Waals surface area contributed by atoms with Crippen molar-refractivity contribution in [3.8, 4) is 5.75 Å². The van der Waals surface area contributed by atoms with Crippen molar-refractivity contribution >= 4 is 5.97 Å². The van der Waals surface area contributed by atoms with Crippen LogP contribution in [0, 0.1) is 5.41 Å². The van der Waals surface area contributed by atoms with Crippen molar-refractivity contribution in [3.63, 3.8) is 0 Å². The lowest BCUT2D eigenvalue weighted by Gasteiger charge is -2.44. The third-order valence-corrected chi connectivity index (χ3v) is 10.2. The zero-order valence-electron chi connectivity index (χ0n) is 26.0. The molecule has 1 unspecified atom stereocenters. The number of benzene rings is 1. The first kappa shape index (κ1) is 30.8. The van der Waals surface area contributed by atoms with E-state index in [9.17, 15) is 4.79 Å². The van der Waals surface area contributed by atoms with Crippen molar-refractivity contribution in [2.24, 2.45) is 5.41 Å². The molecule has 44 heavy (non-hydrogen) atoms. The van der Waals surface area contributed by atoms with Crippen LogP contribution in [-0.4, -0.2) is 85.8 Å². The van der Waals surface area contributed by atoms with E-state index in [-0.39, 0.29) is 12.6 Å². The fraction of sp³-hybridized carbons (Fsp3) is 0.618. The Balaban J connectivity index is 0.980. The van der Waals surface area contributed by atoms with Crippen LogP contribution in [0.25, 0.3) is 0 Å². The lowest BCUT2D eigenvalue weighted by molar-refractivity contribution is -0.139. The summed E-state index contributed by atoms with van der Waals surface area (Å²) in [7, 11) is 0.